The normalized spacial score (nSPS) is 12.0. The van der Waals surface area contributed by atoms with Crippen LogP contribution in [0.3, 0.4) is 0 Å². The van der Waals surface area contributed by atoms with E-state index in [2.05, 4.69) is 16.4 Å². The maximum absolute atomic E-state index is 13.2. The second-order valence-electron chi connectivity index (χ2n) is 4.38. The number of aliphatic carboxylic acids is 1. The predicted molar refractivity (Wildman–Crippen MR) is 81.5 cm³/mol. The van der Waals surface area contributed by atoms with Crippen LogP contribution in [0.2, 0.25) is 0 Å². The molecule has 1 aliphatic rings. The smallest absolute Gasteiger partial charge is 0.313 e. The van der Waals surface area contributed by atoms with Crippen molar-refractivity contribution in [3.63, 3.8) is 0 Å². The molecule has 1 aromatic carbocycles. The molecule has 1 aliphatic heterocycles. The Balaban J connectivity index is 0.000000252. The summed E-state index contributed by atoms with van der Waals surface area (Å²) in [6.45, 7) is 0.484. The maximum Gasteiger partial charge on any atom is 0.313 e. The second-order valence-corrected chi connectivity index (χ2v) is 4.38. The molecular weight excluding hydrogens is 494 g/mol. The summed E-state index contributed by atoms with van der Waals surface area (Å²) in [6, 6.07) is 9.53. The number of pyridine rings is 1. The summed E-state index contributed by atoms with van der Waals surface area (Å²) < 4.78 is 25.8. The molecule has 127 valence electrons. The molecule has 2 aromatic rings. The van der Waals surface area contributed by atoms with Crippen LogP contribution in [-0.4, -0.2) is 22.6 Å². The van der Waals surface area contributed by atoms with Crippen LogP contribution in [0.25, 0.3) is 16.6 Å². The van der Waals surface area contributed by atoms with Gasteiger partial charge in [0.25, 0.3) is 0 Å². The van der Waals surface area contributed by atoms with E-state index in [1.165, 1.54) is 6.08 Å². The van der Waals surface area contributed by atoms with E-state index < -0.39 is 17.6 Å². The zero-order valence-electron chi connectivity index (χ0n) is 12.2. The molecule has 0 saturated carbocycles. The van der Waals surface area contributed by atoms with Gasteiger partial charge < -0.3 is 15.4 Å². The van der Waals surface area contributed by atoms with Gasteiger partial charge >= 0.3 is 5.97 Å². The van der Waals surface area contributed by atoms with Gasteiger partial charge in [-0.1, -0.05) is 41.6 Å². The Kier molecular flexibility index (Phi) is 7.95. The SMILES string of the molecule is Fc1c[c-]c(-c2ccccn2)c(F)c1.O=C(O)C1=CC=CC[N-]1.[Ir]. The largest absolute Gasteiger partial charge is 0.675 e. The van der Waals surface area contributed by atoms with Gasteiger partial charge in [0.1, 0.15) is 0 Å². The van der Waals surface area contributed by atoms with E-state index in [1.54, 1.807) is 36.5 Å². The summed E-state index contributed by atoms with van der Waals surface area (Å²) in [5.41, 5.74) is 0.773. The first-order valence-electron chi connectivity index (χ1n) is 6.63. The Hall–Kier alpha value is -2.37. The minimum atomic E-state index is -0.959. The number of rotatable bonds is 2. The molecule has 1 aromatic heterocycles. The fraction of sp³-hybridized carbons (Fsp3) is 0.0588. The summed E-state index contributed by atoms with van der Waals surface area (Å²) in [4.78, 5) is 14.1. The van der Waals surface area contributed by atoms with E-state index in [4.69, 9.17) is 5.11 Å². The minimum absolute atomic E-state index is 0. The Morgan fingerprint density at radius 2 is 2.12 bits per heavy atom. The van der Waals surface area contributed by atoms with Gasteiger partial charge in [0.2, 0.25) is 0 Å². The molecule has 1 N–H and O–H groups in total. The van der Waals surface area contributed by atoms with Gasteiger partial charge in [0.15, 0.2) is 0 Å². The van der Waals surface area contributed by atoms with E-state index in [0.717, 1.165) is 12.1 Å². The standard InChI is InChI=1S/C11H6F2N.C6H6NO2.Ir/c12-8-4-5-9(10(13)7-8)11-3-1-2-6-14-11;8-6(9)5-3-1-2-4-7-5;/h1-4,6-7H;1-3H,4H2,(H,8,9);/q2*-1;. The molecule has 0 atom stereocenters. The van der Waals surface area contributed by atoms with Crippen LogP contribution in [0.4, 0.5) is 8.78 Å². The first-order valence-corrected chi connectivity index (χ1v) is 6.63. The van der Waals surface area contributed by atoms with E-state index in [9.17, 15) is 13.6 Å². The Bertz CT molecular complexity index is 750. The molecule has 0 fully saturated rings. The maximum atomic E-state index is 13.2. The number of hydrogen-bond donors (Lipinski definition) is 1. The van der Waals surface area contributed by atoms with Gasteiger partial charge in [-0.25, -0.2) is 4.79 Å². The molecule has 24 heavy (non-hydrogen) atoms. The number of allylic oxidation sites excluding steroid dienone is 2. The van der Waals surface area contributed by atoms with Crippen LogP contribution in [0.5, 0.6) is 0 Å². The first kappa shape index (κ1) is 19.7. The van der Waals surface area contributed by atoms with Crippen molar-refractivity contribution in [3.05, 3.63) is 83.5 Å². The monoisotopic (exact) mass is 507 g/mol. The molecule has 7 heteroatoms. The summed E-state index contributed by atoms with van der Waals surface area (Å²) in [5, 5.41) is 12.0. The van der Waals surface area contributed by atoms with Gasteiger partial charge in [-0.3, -0.25) is 8.78 Å². The number of halogens is 2. The number of aromatic nitrogens is 1. The topological polar surface area (TPSA) is 64.3 Å². The fourth-order valence-electron chi connectivity index (χ4n) is 1.71. The van der Waals surface area contributed by atoms with E-state index in [1.807, 2.05) is 0 Å². The number of carboxylic acid groups (broad SMARTS) is 1. The van der Waals surface area contributed by atoms with Gasteiger partial charge in [-0.2, -0.15) is 0 Å². The van der Waals surface area contributed by atoms with E-state index >= 15 is 0 Å². The van der Waals surface area contributed by atoms with Crippen LogP contribution in [0, 0.1) is 17.7 Å². The van der Waals surface area contributed by atoms with Crippen molar-refractivity contribution >= 4 is 5.97 Å². The van der Waals surface area contributed by atoms with Gasteiger partial charge in [-0.15, -0.1) is 24.8 Å². The molecule has 0 spiro atoms. The second kappa shape index (κ2) is 9.70. The van der Waals surface area contributed by atoms with E-state index in [-0.39, 0.29) is 31.4 Å². The number of hydrogen-bond acceptors (Lipinski definition) is 2. The summed E-state index contributed by atoms with van der Waals surface area (Å²) >= 11 is 0. The van der Waals surface area contributed by atoms with Crippen molar-refractivity contribution in [3.8, 4) is 11.3 Å². The quantitative estimate of drug-likeness (QED) is 0.632. The molecule has 0 bridgehead atoms. The zero-order valence-corrected chi connectivity index (χ0v) is 14.6. The minimum Gasteiger partial charge on any atom is -0.675 e. The van der Waals surface area contributed by atoms with Crippen molar-refractivity contribution < 1.29 is 38.8 Å². The predicted octanol–water partition coefficient (Wildman–Crippen LogP) is 3.72. The van der Waals surface area contributed by atoms with Crippen molar-refractivity contribution in [2.24, 2.45) is 0 Å². The van der Waals surface area contributed by atoms with Gasteiger partial charge in [-0.05, 0) is 11.8 Å². The third-order valence-corrected chi connectivity index (χ3v) is 2.76. The summed E-state index contributed by atoms with van der Waals surface area (Å²) in [7, 11) is 0. The summed E-state index contributed by atoms with van der Waals surface area (Å²) in [6.07, 6.45) is 6.51. The molecule has 0 saturated heterocycles. The fourth-order valence-corrected chi connectivity index (χ4v) is 1.71. The van der Waals surface area contributed by atoms with E-state index in [0.29, 0.717) is 12.2 Å². The molecule has 0 unspecified atom stereocenters. The Labute approximate surface area is 151 Å². The Morgan fingerprint density at radius 3 is 2.62 bits per heavy atom. The van der Waals surface area contributed by atoms with Crippen LogP contribution < -0.4 is 0 Å². The van der Waals surface area contributed by atoms with Crippen LogP contribution in [-0.2, 0) is 24.9 Å². The molecule has 2 heterocycles. The van der Waals surface area contributed by atoms with Gasteiger partial charge in [0.05, 0.1) is 0 Å². The number of carbonyl (C=O) groups is 1. The van der Waals surface area contributed by atoms with Crippen molar-refractivity contribution in [1.82, 2.24) is 4.98 Å². The van der Waals surface area contributed by atoms with Crippen LogP contribution in [0.1, 0.15) is 0 Å². The Morgan fingerprint density at radius 1 is 1.33 bits per heavy atom. The molecule has 3 rings (SSSR count). The third kappa shape index (κ3) is 5.68. The molecular formula is C17H12F2IrN2O2-2. The van der Waals surface area contributed by atoms with Crippen molar-refractivity contribution in [2.75, 3.05) is 6.54 Å². The number of carboxylic acids is 1. The average Bonchev–Trinajstić information content (AvgIpc) is 2.57. The van der Waals surface area contributed by atoms with Crippen LogP contribution in [0.15, 0.2) is 60.5 Å². The molecule has 4 nitrogen and oxygen atoms in total. The molecule has 0 amide bonds. The molecule has 1 radical (unpaired) electrons. The van der Waals surface area contributed by atoms with Crippen LogP contribution >= 0.6 is 0 Å². The molecule has 0 aliphatic carbocycles. The first-order chi connectivity index (χ1) is 11.1. The van der Waals surface area contributed by atoms with Crippen molar-refractivity contribution in [1.29, 1.82) is 0 Å². The average molecular weight is 507 g/mol. The number of benzene rings is 1. The van der Waals surface area contributed by atoms with Gasteiger partial charge in [0, 0.05) is 37.9 Å². The van der Waals surface area contributed by atoms with Crippen molar-refractivity contribution in [2.45, 2.75) is 0 Å². The summed E-state index contributed by atoms with van der Waals surface area (Å²) in [5.74, 6) is -2.25. The zero-order chi connectivity index (χ0) is 16.7. The number of nitrogens with zero attached hydrogens (tertiary/aromatic N) is 2. The third-order valence-electron chi connectivity index (χ3n) is 2.76.